The fraction of sp³-hybridized carbons (Fsp3) is 0.429. The van der Waals surface area contributed by atoms with Crippen LogP contribution in [-0.4, -0.2) is 5.11 Å². The zero-order chi connectivity index (χ0) is 11.8. The summed E-state index contributed by atoms with van der Waals surface area (Å²) < 4.78 is 1.25. The van der Waals surface area contributed by atoms with E-state index in [0.717, 1.165) is 11.3 Å². The molecule has 2 heteroatoms. The molecule has 1 aromatic carbocycles. The Kier molecular flexibility index (Phi) is 3.04. The summed E-state index contributed by atoms with van der Waals surface area (Å²) in [5, 5.41) is 11.7. The molecular weight excluding hydrogens is 216 g/mol. The van der Waals surface area contributed by atoms with Crippen LogP contribution < -0.4 is 0 Å². The predicted molar refractivity (Wildman–Crippen MR) is 70.9 cm³/mol. The second kappa shape index (κ2) is 4.19. The van der Waals surface area contributed by atoms with Gasteiger partial charge in [-0.2, -0.15) is 0 Å². The minimum Gasteiger partial charge on any atom is -0.385 e. The van der Waals surface area contributed by atoms with E-state index >= 15 is 0 Å². The van der Waals surface area contributed by atoms with Gasteiger partial charge in [0.1, 0.15) is 0 Å². The average molecular weight is 234 g/mol. The van der Waals surface area contributed by atoms with Gasteiger partial charge >= 0.3 is 0 Å². The summed E-state index contributed by atoms with van der Waals surface area (Å²) in [5.41, 5.74) is -0.697. The Balaban J connectivity index is 2.39. The van der Waals surface area contributed by atoms with Gasteiger partial charge in [0.2, 0.25) is 0 Å². The summed E-state index contributed by atoms with van der Waals surface area (Å²) in [4.78, 5) is 1.07. The monoisotopic (exact) mass is 234 g/mol. The van der Waals surface area contributed by atoms with Crippen molar-refractivity contribution in [2.75, 3.05) is 0 Å². The molecule has 16 heavy (non-hydrogen) atoms. The maximum atomic E-state index is 10.5. The van der Waals surface area contributed by atoms with Crippen LogP contribution >= 0.6 is 11.3 Å². The smallest absolute Gasteiger partial charge is 0.0962 e. The van der Waals surface area contributed by atoms with E-state index < -0.39 is 5.60 Å². The van der Waals surface area contributed by atoms with Crippen LogP contribution in [-0.2, 0) is 5.60 Å². The van der Waals surface area contributed by atoms with Crippen LogP contribution in [0.2, 0.25) is 0 Å². The molecule has 0 aliphatic rings. The Bertz CT molecular complexity index is 449. The number of rotatable bonds is 3. The van der Waals surface area contributed by atoms with E-state index in [1.807, 2.05) is 19.1 Å². The van der Waals surface area contributed by atoms with Gasteiger partial charge in [0.25, 0.3) is 0 Å². The topological polar surface area (TPSA) is 20.2 Å². The first-order valence-corrected chi connectivity index (χ1v) is 6.52. The highest BCUT2D eigenvalue weighted by atomic mass is 32.1. The Morgan fingerprint density at radius 2 is 2.00 bits per heavy atom. The van der Waals surface area contributed by atoms with Gasteiger partial charge in [0.15, 0.2) is 0 Å². The highest BCUT2D eigenvalue weighted by Gasteiger charge is 2.26. The van der Waals surface area contributed by atoms with E-state index in [0.29, 0.717) is 5.92 Å². The number of hydrogen-bond acceptors (Lipinski definition) is 2. The van der Waals surface area contributed by atoms with Crippen molar-refractivity contribution in [1.29, 1.82) is 0 Å². The van der Waals surface area contributed by atoms with Gasteiger partial charge in [-0.3, -0.25) is 0 Å². The van der Waals surface area contributed by atoms with E-state index in [2.05, 4.69) is 32.0 Å². The van der Waals surface area contributed by atoms with Gasteiger partial charge in [0, 0.05) is 9.58 Å². The second-order valence-corrected chi connectivity index (χ2v) is 6.10. The molecule has 0 fully saturated rings. The third-order valence-corrected chi connectivity index (χ3v) is 4.13. The lowest BCUT2D eigenvalue weighted by molar-refractivity contribution is 0.0386. The first-order valence-electron chi connectivity index (χ1n) is 5.70. The molecule has 1 heterocycles. The van der Waals surface area contributed by atoms with E-state index in [1.165, 1.54) is 10.1 Å². The Morgan fingerprint density at radius 3 is 2.62 bits per heavy atom. The van der Waals surface area contributed by atoms with E-state index in [9.17, 15) is 5.11 Å². The van der Waals surface area contributed by atoms with Crippen LogP contribution in [0.15, 0.2) is 30.3 Å². The summed E-state index contributed by atoms with van der Waals surface area (Å²) in [6, 6.07) is 10.4. The van der Waals surface area contributed by atoms with Gasteiger partial charge in [-0.05, 0) is 36.8 Å². The summed E-state index contributed by atoms with van der Waals surface area (Å²) in [6.45, 7) is 6.20. The van der Waals surface area contributed by atoms with Crippen LogP contribution in [0.4, 0.5) is 0 Å². The number of benzene rings is 1. The van der Waals surface area contributed by atoms with Crippen LogP contribution in [0.3, 0.4) is 0 Å². The maximum Gasteiger partial charge on any atom is 0.0962 e. The number of hydrogen-bond donors (Lipinski definition) is 1. The standard InChI is InChI=1S/C14H18OS/c1-10(2)9-14(3,15)13-8-11-6-4-5-7-12(11)16-13/h4-8,10,15H,9H2,1-3H3. The minimum absolute atomic E-state index is 0.500. The third kappa shape index (κ3) is 2.28. The van der Waals surface area contributed by atoms with E-state index in [-0.39, 0.29) is 0 Å². The van der Waals surface area contributed by atoms with Crippen molar-refractivity contribution in [3.8, 4) is 0 Å². The van der Waals surface area contributed by atoms with Crippen LogP contribution in [0.5, 0.6) is 0 Å². The summed E-state index contributed by atoms with van der Waals surface area (Å²) in [7, 11) is 0. The predicted octanol–water partition coefficient (Wildman–Crippen LogP) is 4.15. The highest BCUT2D eigenvalue weighted by Crippen LogP contribution is 2.36. The molecule has 1 N–H and O–H groups in total. The lowest BCUT2D eigenvalue weighted by atomic mass is 9.93. The molecule has 1 aromatic heterocycles. The zero-order valence-corrected chi connectivity index (χ0v) is 10.8. The molecule has 2 rings (SSSR count). The number of aliphatic hydroxyl groups is 1. The highest BCUT2D eigenvalue weighted by molar-refractivity contribution is 7.19. The van der Waals surface area contributed by atoms with Crippen molar-refractivity contribution in [3.05, 3.63) is 35.2 Å². The summed E-state index contributed by atoms with van der Waals surface area (Å²) in [5.74, 6) is 0.500. The van der Waals surface area contributed by atoms with E-state index in [1.54, 1.807) is 11.3 Å². The first kappa shape index (κ1) is 11.6. The molecule has 1 unspecified atom stereocenters. The van der Waals surface area contributed by atoms with Crippen molar-refractivity contribution in [1.82, 2.24) is 0 Å². The molecule has 0 bridgehead atoms. The molecule has 0 amide bonds. The van der Waals surface area contributed by atoms with Crippen LogP contribution in [0.25, 0.3) is 10.1 Å². The molecule has 1 nitrogen and oxygen atoms in total. The van der Waals surface area contributed by atoms with Crippen molar-refractivity contribution < 1.29 is 5.11 Å². The van der Waals surface area contributed by atoms with Crippen molar-refractivity contribution in [2.24, 2.45) is 5.92 Å². The second-order valence-electron chi connectivity index (χ2n) is 5.02. The fourth-order valence-electron chi connectivity index (χ4n) is 2.14. The summed E-state index contributed by atoms with van der Waals surface area (Å²) >= 11 is 1.70. The molecule has 0 aliphatic carbocycles. The van der Waals surface area contributed by atoms with E-state index in [4.69, 9.17) is 0 Å². The van der Waals surface area contributed by atoms with Crippen LogP contribution in [0, 0.1) is 5.92 Å². The third-order valence-electron chi connectivity index (χ3n) is 2.76. The van der Waals surface area contributed by atoms with Crippen molar-refractivity contribution in [2.45, 2.75) is 32.8 Å². The summed E-state index contributed by atoms with van der Waals surface area (Å²) in [6.07, 6.45) is 0.805. The molecule has 0 saturated carbocycles. The molecule has 1 atom stereocenters. The molecule has 0 spiro atoms. The first-order chi connectivity index (χ1) is 7.49. The lowest BCUT2D eigenvalue weighted by Gasteiger charge is -2.23. The molecule has 86 valence electrons. The van der Waals surface area contributed by atoms with Gasteiger partial charge < -0.3 is 5.11 Å². The largest absolute Gasteiger partial charge is 0.385 e. The normalized spacial score (nSPS) is 15.6. The van der Waals surface area contributed by atoms with Gasteiger partial charge in [-0.15, -0.1) is 11.3 Å². The van der Waals surface area contributed by atoms with Crippen molar-refractivity contribution >= 4 is 21.4 Å². The average Bonchev–Trinajstić information content (AvgIpc) is 2.59. The molecule has 0 aliphatic heterocycles. The van der Waals surface area contributed by atoms with Gasteiger partial charge in [0.05, 0.1) is 5.60 Å². The Labute approximate surface area is 101 Å². The molecule has 2 aromatic rings. The Hall–Kier alpha value is -0.860. The quantitative estimate of drug-likeness (QED) is 0.845. The minimum atomic E-state index is -0.697. The SMILES string of the molecule is CC(C)CC(C)(O)c1cc2ccccc2s1. The molecular formula is C14H18OS. The fourth-order valence-corrected chi connectivity index (χ4v) is 3.26. The van der Waals surface area contributed by atoms with Gasteiger partial charge in [-0.1, -0.05) is 32.0 Å². The van der Waals surface area contributed by atoms with Gasteiger partial charge in [-0.25, -0.2) is 0 Å². The molecule has 0 saturated heterocycles. The zero-order valence-electron chi connectivity index (χ0n) is 10.0. The Morgan fingerprint density at radius 1 is 1.31 bits per heavy atom. The number of thiophene rings is 1. The maximum absolute atomic E-state index is 10.5. The lowest BCUT2D eigenvalue weighted by Crippen LogP contribution is -2.21. The molecule has 0 radical (unpaired) electrons. The number of fused-ring (bicyclic) bond motifs is 1. The van der Waals surface area contributed by atoms with Crippen molar-refractivity contribution in [3.63, 3.8) is 0 Å². The van der Waals surface area contributed by atoms with Crippen LogP contribution in [0.1, 0.15) is 32.1 Å².